The Bertz CT molecular complexity index is 703. The Hall–Kier alpha value is -2.55. The number of ether oxygens (including phenoxy) is 1. The molecule has 0 spiro atoms. The molecule has 1 aliphatic heterocycles. The van der Waals surface area contributed by atoms with E-state index in [1.165, 1.54) is 0 Å². The SMILES string of the molecule is CN(Cc1ccccc1C#N)C(=O)C1CCCCN1C(=O)OC(C)(C)C. The molecule has 1 aromatic carbocycles. The van der Waals surface area contributed by atoms with E-state index in [-0.39, 0.29) is 5.91 Å². The van der Waals surface area contributed by atoms with Gasteiger partial charge in [-0.05, 0) is 51.7 Å². The highest BCUT2D eigenvalue weighted by Crippen LogP contribution is 2.22. The number of nitrogens with zero attached hydrogens (tertiary/aromatic N) is 3. The van der Waals surface area contributed by atoms with Crippen LogP contribution in [0.3, 0.4) is 0 Å². The van der Waals surface area contributed by atoms with Crippen molar-refractivity contribution in [3.63, 3.8) is 0 Å². The van der Waals surface area contributed by atoms with Crippen LogP contribution in [0.1, 0.15) is 51.2 Å². The number of carbonyl (C=O) groups excluding carboxylic acids is 2. The maximum Gasteiger partial charge on any atom is 0.410 e. The van der Waals surface area contributed by atoms with Gasteiger partial charge in [0.1, 0.15) is 11.6 Å². The Kier molecular flexibility index (Phi) is 6.25. The first-order chi connectivity index (χ1) is 12.2. The van der Waals surface area contributed by atoms with Crippen molar-refractivity contribution in [1.29, 1.82) is 5.26 Å². The molecule has 1 saturated heterocycles. The van der Waals surface area contributed by atoms with Crippen molar-refractivity contribution in [2.45, 2.75) is 58.2 Å². The summed E-state index contributed by atoms with van der Waals surface area (Å²) in [6.45, 7) is 6.30. The lowest BCUT2D eigenvalue weighted by Crippen LogP contribution is -2.53. The zero-order chi connectivity index (χ0) is 19.3. The molecule has 140 valence electrons. The van der Waals surface area contributed by atoms with Crippen molar-refractivity contribution >= 4 is 12.0 Å². The minimum absolute atomic E-state index is 0.122. The first-order valence-electron chi connectivity index (χ1n) is 8.95. The molecule has 0 saturated carbocycles. The smallest absolute Gasteiger partial charge is 0.410 e. The van der Waals surface area contributed by atoms with Gasteiger partial charge >= 0.3 is 6.09 Å². The number of likely N-dealkylation sites (N-methyl/N-ethyl adjacent to an activating group) is 1. The van der Waals surface area contributed by atoms with Gasteiger partial charge in [0.2, 0.25) is 5.91 Å². The quantitative estimate of drug-likeness (QED) is 0.832. The monoisotopic (exact) mass is 357 g/mol. The highest BCUT2D eigenvalue weighted by molar-refractivity contribution is 5.86. The van der Waals surface area contributed by atoms with Gasteiger partial charge in [0.05, 0.1) is 11.6 Å². The Labute approximate surface area is 155 Å². The molecule has 0 bridgehead atoms. The maximum absolute atomic E-state index is 13.0. The molecular weight excluding hydrogens is 330 g/mol. The summed E-state index contributed by atoms with van der Waals surface area (Å²) in [5.41, 5.74) is 0.755. The summed E-state index contributed by atoms with van der Waals surface area (Å²) in [5, 5.41) is 9.22. The molecule has 6 nitrogen and oxygen atoms in total. The second kappa shape index (κ2) is 8.22. The number of likely N-dealkylation sites (tertiary alicyclic amines) is 1. The molecule has 1 heterocycles. The van der Waals surface area contributed by atoms with E-state index in [0.717, 1.165) is 18.4 Å². The average Bonchev–Trinajstić information content (AvgIpc) is 2.60. The van der Waals surface area contributed by atoms with Crippen LogP contribution in [-0.2, 0) is 16.1 Å². The third kappa shape index (κ3) is 4.98. The fourth-order valence-corrected chi connectivity index (χ4v) is 3.08. The van der Waals surface area contributed by atoms with Crippen LogP contribution in [0.25, 0.3) is 0 Å². The third-order valence-corrected chi connectivity index (χ3v) is 4.34. The van der Waals surface area contributed by atoms with Gasteiger partial charge in [-0.25, -0.2) is 4.79 Å². The van der Waals surface area contributed by atoms with Gasteiger partial charge in [-0.1, -0.05) is 18.2 Å². The predicted octanol–water partition coefficient (Wildman–Crippen LogP) is 3.31. The van der Waals surface area contributed by atoms with Crippen LogP contribution < -0.4 is 0 Å². The molecule has 2 amide bonds. The summed E-state index contributed by atoms with van der Waals surface area (Å²) in [7, 11) is 1.71. The van der Waals surface area contributed by atoms with Crippen molar-refractivity contribution < 1.29 is 14.3 Å². The molecule has 6 heteroatoms. The first kappa shape index (κ1) is 19.8. The number of hydrogen-bond acceptors (Lipinski definition) is 4. The molecule has 0 N–H and O–H groups in total. The Morgan fingerprint density at radius 2 is 2.00 bits per heavy atom. The molecule has 1 aliphatic rings. The minimum atomic E-state index is -0.597. The molecule has 0 aromatic heterocycles. The van der Waals surface area contributed by atoms with Crippen molar-refractivity contribution in [2.24, 2.45) is 0 Å². The summed E-state index contributed by atoms with van der Waals surface area (Å²) < 4.78 is 5.47. The molecule has 0 radical (unpaired) electrons. The summed E-state index contributed by atoms with van der Waals surface area (Å²) in [4.78, 5) is 28.6. The average molecular weight is 357 g/mol. The van der Waals surface area contributed by atoms with Crippen LogP contribution in [-0.4, -0.2) is 47.0 Å². The zero-order valence-electron chi connectivity index (χ0n) is 16.0. The largest absolute Gasteiger partial charge is 0.444 e. The van der Waals surface area contributed by atoms with Crippen LogP contribution in [0.5, 0.6) is 0 Å². The van der Waals surface area contributed by atoms with Gasteiger partial charge in [0.25, 0.3) is 0 Å². The van der Waals surface area contributed by atoms with Gasteiger partial charge in [0, 0.05) is 20.1 Å². The zero-order valence-corrected chi connectivity index (χ0v) is 16.0. The first-order valence-corrected chi connectivity index (χ1v) is 8.95. The van der Waals surface area contributed by atoms with Gasteiger partial charge in [-0.15, -0.1) is 0 Å². The number of nitriles is 1. The van der Waals surface area contributed by atoms with Crippen molar-refractivity contribution in [1.82, 2.24) is 9.80 Å². The number of hydrogen-bond donors (Lipinski definition) is 0. The lowest BCUT2D eigenvalue weighted by atomic mass is 10.0. The Balaban J connectivity index is 2.12. The minimum Gasteiger partial charge on any atom is -0.444 e. The molecule has 1 atom stereocenters. The summed E-state index contributed by atoms with van der Waals surface area (Å²) in [6.07, 6.45) is 1.95. The van der Waals surface area contributed by atoms with Crippen LogP contribution >= 0.6 is 0 Å². The molecule has 1 fully saturated rings. The fraction of sp³-hybridized carbons (Fsp3) is 0.550. The lowest BCUT2D eigenvalue weighted by molar-refractivity contribution is -0.137. The van der Waals surface area contributed by atoms with E-state index in [1.54, 1.807) is 29.0 Å². The van der Waals surface area contributed by atoms with Crippen LogP contribution in [0, 0.1) is 11.3 Å². The second-order valence-corrected chi connectivity index (χ2v) is 7.65. The van der Waals surface area contributed by atoms with Crippen molar-refractivity contribution in [3.05, 3.63) is 35.4 Å². The normalized spacial score (nSPS) is 17.3. The van der Waals surface area contributed by atoms with E-state index >= 15 is 0 Å². The summed E-state index contributed by atoms with van der Waals surface area (Å²) >= 11 is 0. The fourth-order valence-electron chi connectivity index (χ4n) is 3.08. The third-order valence-electron chi connectivity index (χ3n) is 4.34. The molecule has 1 aromatic rings. The van der Waals surface area contributed by atoms with Crippen LogP contribution in [0.15, 0.2) is 24.3 Å². The maximum atomic E-state index is 13.0. The van der Waals surface area contributed by atoms with E-state index in [0.29, 0.717) is 25.1 Å². The number of rotatable bonds is 3. The van der Waals surface area contributed by atoms with E-state index in [1.807, 2.05) is 32.9 Å². The van der Waals surface area contributed by atoms with E-state index in [4.69, 9.17) is 4.74 Å². The van der Waals surface area contributed by atoms with Gasteiger partial charge in [0.15, 0.2) is 0 Å². The van der Waals surface area contributed by atoms with Gasteiger partial charge < -0.3 is 9.64 Å². The van der Waals surface area contributed by atoms with Crippen molar-refractivity contribution in [3.8, 4) is 6.07 Å². The van der Waals surface area contributed by atoms with Gasteiger partial charge in [-0.2, -0.15) is 5.26 Å². The van der Waals surface area contributed by atoms with Crippen LogP contribution in [0.4, 0.5) is 4.79 Å². The molecular formula is C20H27N3O3. The number of piperidine rings is 1. The number of carbonyl (C=O) groups is 2. The number of benzene rings is 1. The van der Waals surface area contributed by atoms with Crippen molar-refractivity contribution in [2.75, 3.05) is 13.6 Å². The lowest BCUT2D eigenvalue weighted by Gasteiger charge is -2.37. The van der Waals surface area contributed by atoms with E-state index in [2.05, 4.69) is 6.07 Å². The molecule has 1 unspecified atom stereocenters. The standard InChI is InChI=1S/C20H27N3O3/c1-20(2,3)26-19(25)23-12-8-7-11-17(23)18(24)22(4)14-16-10-6-5-9-15(16)13-21/h5-6,9-10,17H,7-8,11-12,14H2,1-4H3. The number of amides is 2. The van der Waals surface area contributed by atoms with E-state index in [9.17, 15) is 14.9 Å². The predicted molar refractivity (Wildman–Crippen MR) is 98.2 cm³/mol. The van der Waals surface area contributed by atoms with Gasteiger partial charge in [-0.3, -0.25) is 9.69 Å². The Morgan fingerprint density at radius 1 is 1.31 bits per heavy atom. The molecule has 0 aliphatic carbocycles. The summed E-state index contributed by atoms with van der Waals surface area (Å²) in [6, 6.07) is 8.86. The Morgan fingerprint density at radius 3 is 2.65 bits per heavy atom. The van der Waals surface area contributed by atoms with E-state index < -0.39 is 17.7 Å². The molecule has 2 rings (SSSR count). The second-order valence-electron chi connectivity index (χ2n) is 7.65. The molecule has 26 heavy (non-hydrogen) atoms. The topological polar surface area (TPSA) is 73.6 Å². The highest BCUT2D eigenvalue weighted by atomic mass is 16.6. The highest BCUT2D eigenvalue weighted by Gasteiger charge is 2.36. The van der Waals surface area contributed by atoms with Crippen LogP contribution in [0.2, 0.25) is 0 Å². The summed E-state index contributed by atoms with van der Waals surface area (Å²) in [5.74, 6) is -0.122.